The van der Waals surface area contributed by atoms with Gasteiger partial charge < -0.3 is 24.6 Å². The molecule has 25 heavy (non-hydrogen) atoms. The molecule has 140 valence electrons. The van der Waals surface area contributed by atoms with Gasteiger partial charge in [0, 0.05) is 25.6 Å². The molecule has 2 saturated heterocycles. The van der Waals surface area contributed by atoms with Crippen molar-refractivity contribution in [1.29, 1.82) is 0 Å². The van der Waals surface area contributed by atoms with Gasteiger partial charge in [0.15, 0.2) is 0 Å². The lowest BCUT2D eigenvalue weighted by molar-refractivity contribution is 0.107. The number of furan rings is 1. The summed E-state index contributed by atoms with van der Waals surface area (Å²) in [6, 6.07) is 3.66. The van der Waals surface area contributed by atoms with E-state index in [-0.39, 0.29) is 12.1 Å². The molecule has 2 amide bonds. The zero-order chi connectivity index (χ0) is 17.6. The number of nitrogens with zero attached hydrogens (tertiary/aromatic N) is 2. The van der Waals surface area contributed by atoms with Gasteiger partial charge in [0.05, 0.1) is 6.26 Å². The predicted molar refractivity (Wildman–Crippen MR) is 96.2 cm³/mol. The maximum atomic E-state index is 12.5. The molecule has 1 aromatic rings. The van der Waals surface area contributed by atoms with Crippen LogP contribution in [0.5, 0.6) is 0 Å². The average molecular weight is 349 g/mol. The Morgan fingerprint density at radius 2 is 2.16 bits per heavy atom. The molecule has 0 bridgehead atoms. The second-order valence-corrected chi connectivity index (χ2v) is 7.52. The number of hydrogen-bond acceptors (Lipinski definition) is 4. The van der Waals surface area contributed by atoms with Crippen LogP contribution in [0.25, 0.3) is 0 Å². The zero-order valence-electron chi connectivity index (χ0n) is 15.2. The van der Waals surface area contributed by atoms with Gasteiger partial charge >= 0.3 is 6.03 Å². The highest BCUT2D eigenvalue weighted by atomic mass is 16.4. The number of urea groups is 1. The molecule has 2 aliphatic rings. The van der Waals surface area contributed by atoms with Crippen molar-refractivity contribution in [3.63, 3.8) is 0 Å². The molecule has 0 radical (unpaired) electrons. The van der Waals surface area contributed by atoms with Crippen LogP contribution in [0.1, 0.15) is 50.4 Å². The summed E-state index contributed by atoms with van der Waals surface area (Å²) < 4.78 is 5.27. The second kappa shape index (κ2) is 8.72. The number of nitrogens with one attached hydrogen (secondary N) is 1. The average Bonchev–Trinajstić information content (AvgIpc) is 3.28. The fraction of sp³-hybridized carbons (Fsp3) is 0.737. The van der Waals surface area contributed by atoms with Gasteiger partial charge in [0.2, 0.25) is 0 Å². The van der Waals surface area contributed by atoms with Gasteiger partial charge in [-0.25, -0.2) is 4.79 Å². The van der Waals surface area contributed by atoms with E-state index in [2.05, 4.69) is 17.3 Å². The third-order valence-electron chi connectivity index (χ3n) is 5.67. The van der Waals surface area contributed by atoms with Crippen LogP contribution in [-0.4, -0.2) is 60.2 Å². The molecule has 3 heterocycles. The molecule has 2 aliphatic heterocycles. The monoisotopic (exact) mass is 349 g/mol. The minimum Gasteiger partial charge on any atom is -0.467 e. The first-order chi connectivity index (χ1) is 12.1. The van der Waals surface area contributed by atoms with E-state index in [1.807, 2.05) is 4.90 Å². The van der Waals surface area contributed by atoms with Crippen molar-refractivity contribution in [2.75, 3.05) is 33.2 Å². The Bertz CT molecular complexity index is 526. The number of amides is 2. The Morgan fingerprint density at radius 3 is 2.88 bits per heavy atom. The van der Waals surface area contributed by atoms with Gasteiger partial charge in [-0.05, 0) is 70.3 Å². The molecule has 0 aromatic carbocycles. The van der Waals surface area contributed by atoms with Crippen LogP contribution in [0, 0.1) is 5.92 Å². The highest BCUT2D eigenvalue weighted by Crippen LogP contribution is 2.27. The molecule has 2 atom stereocenters. The third-order valence-corrected chi connectivity index (χ3v) is 5.67. The fourth-order valence-corrected chi connectivity index (χ4v) is 4.04. The van der Waals surface area contributed by atoms with E-state index in [1.54, 1.807) is 18.4 Å². The highest BCUT2D eigenvalue weighted by Gasteiger charge is 2.31. The van der Waals surface area contributed by atoms with Crippen molar-refractivity contribution in [3.8, 4) is 0 Å². The summed E-state index contributed by atoms with van der Waals surface area (Å²) in [5, 5.41) is 13.4. The summed E-state index contributed by atoms with van der Waals surface area (Å²) >= 11 is 0. The molecule has 3 rings (SSSR count). The second-order valence-electron chi connectivity index (χ2n) is 7.52. The van der Waals surface area contributed by atoms with Crippen LogP contribution in [-0.2, 0) is 0 Å². The summed E-state index contributed by atoms with van der Waals surface area (Å²) in [4.78, 5) is 16.8. The molecular formula is C19H31N3O3. The number of aliphatic hydroxyl groups is 1. The van der Waals surface area contributed by atoms with Crippen LogP contribution in [0.3, 0.4) is 0 Å². The van der Waals surface area contributed by atoms with E-state index < -0.39 is 6.10 Å². The minimum absolute atomic E-state index is 0.0158. The van der Waals surface area contributed by atoms with Crippen molar-refractivity contribution in [2.24, 2.45) is 5.92 Å². The number of rotatable bonds is 6. The number of piperidine rings is 1. The smallest absolute Gasteiger partial charge is 0.317 e. The lowest BCUT2D eigenvalue weighted by Crippen LogP contribution is -2.44. The van der Waals surface area contributed by atoms with Crippen molar-refractivity contribution in [1.82, 2.24) is 15.1 Å². The summed E-state index contributed by atoms with van der Waals surface area (Å²) in [6.07, 6.45) is 6.93. The first-order valence-electron chi connectivity index (χ1n) is 9.58. The number of likely N-dealkylation sites (tertiary alicyclic amines) is 2. The molecule has 1 aromatic heterocycles. The summed E-state index contributed by atoms with van der Waals surface area (Å²) in [7, 11) is 2.17. The van der Waals surface area contributed by atoms with Crippen molar-refractivity contribution < 1.29 is 14.3 Å². The first kappa shape index (κ1) is 18.3. The standard InChI is InChI=1S/C19H31N3O3/c1-21-11-7-15(8-12-21)6-9-20-19(24)22-10-2-4-16(22)14-17(23)18-5-3-13-25-18/h3,5,13,15-17,23H,2,4,6-12,14H2,1H3,(H,20,24). The Morgan fingerprint density at radius 1 is 1.36 bits per heavy atom. The van der Waals surface area contributed by atoms with Gasteiger partial charge in [-0.1, -0.05) is 0 Å². The van der Waals surface area contributed by atoms with Crippen LogP contribution in [0.2, 0.25) is 0 Å². The van der Waals surface area contributed by atoms with E-state index in [0.29, 0.717) is 12.2 Å². The number of carbonyl (C=O) groups is 1. The van der Waals surface area contributed by atoms with Gasteiger partial charge in [0.1, 0.15) is 11.9 Å². The van der Waals surface area contributed by atoms with Gasteiger partial charge in [0.25, 0.3) is 0 Å². The van der Waals surface area contributed by atoms with Crippen LogP contribution < -0.4 is 5.32 Å². The SMILES string of the molecule is CN1CCC(CCNC(=O)N2CCCC2CC(O)c2ccco2)CC1. The molecule has 6 nitrogen and oxygen atoms in total. The first-order valence-corrected chi connectivity index (χ1v) is 9.58. The van der Waals surface area contributed by atoms with Crippen molar-refractivity contribution in [2.45, 2.75) is 50.7 Å². The largest absolute Gasteiger partial charge is 0.467 e. The molecule has 2 fully saturated rings. The normalized spacial score (nSPS) is 23.8. The zero-order valence-corrected chi connectivity index (χ0v) is 15.2. The lowest BCUT2D eigenvalue weighted by atomic mass is 9.94. The number of aliphatic hydroxyl groups excluding tert-OH is 1. The summed E-state index contributed by atoms with van der Waals surface area (Å²) in [6.45, 7) is 3.85. The van der Waals surface area contributed by atoms with Crippen LogP contribution >= 0.6 is 0 Å². The molecule has 6 heteroatoms. The Labute approximate surface area is 150 Å². The molecule has 0 spiro atoms. The van der Waals surface area contributed by atoms with E-state index in [0.717, 1.165) is 51.4 Å². The van der Waals surface area contributed by atoms with Crippen molar-refractivity contribution >= 4 is 6.03 Å². The number of carbonyl (C=O) groups excluding carboxylic acids is 1. The van der Waals surface area contributed by atoms with Crippen LogP contribution in [0.15, 0.2) is 22.8 Å². The van der Waals surface area contributed by atoms with E-state index >= 15 is 0 Å². The van der Waals surface area contributed by atoms with Gasteiger partial charge in [-0.3, -0.25) is 0 Å². The lowest BCUT2D eigenvalue weighted by Gasteiger charge is -2.30. The molecule has 0 aliphatic carbocycles. The number of hydrogen-bond donors (Lipinski definition) is 2. The molecule has 2 unspecified atom stereocenters. The van der Waals surface area contributed by atoms with E-state index in [9.17, 15) is 9.90 Å². The third kappa shape index (κ3) is 4.98. The minimum atomic E-state index is -0.646. The summed E-state index contributed by atoms with van der Waals surface area (Å²) in [5.74, 6) is 1.31. The maximum Gasteiger partial charge on any atom is 0.317 e. The molecule has 2 N–H and O–H groups in total. The molecule has 0 saturated carbocycles. The fourth-order valence-electron chi connectivity index (χ4n) is 4.04. The van der Waals surface area contributed by atoms with Gasteiger partial charge in [-0.2, -0.15) is 0 Å². The Hall–Kier alpha value is -1.53. The van der Waals surface area contributed by atoms with Crippen LogP contribution in [0.4, 0.5) is 4.79 Å². The maximum absolute atomic E-state index is 12.5. The molecular weight excluding hydrogens is 318 g/mol. The van der Waals surface area contributed by atoms with Crippen molar-refractivity contribution in [3.05, 3.63) is 24.2 Å². The van der Waals surface area contributed by atoms with Gasteiger partial charge in [-0.15, -0.1) is 0 Å². The quantitative estimate of drug-likeness (QED) is 0.828. The van der Waals surface area contributed by atoms with E-state index in [1.165, 1.54) is 12.8 Å². The topological polar surface area (TPSA) is 69.0 Å². The summed E-state index contributed by atoms with van der Waals surface area (Å²) in [5.41, 5.74) is 0. The Balaban J connectivity index is 1.41. The highest BCUT2D eigenvalue weighted by molar-refractivity contribution is 5.74. The Kier molecular flexibility index (Phi) is 6.37. The predicted octanol–water partition coefficient (Wildman–Crippen LogP) is 2.61. The van der Waals surface area contributed by atoms with E-state index in [4.69, 9.17) is 4.42 Å².